The Balaban J connectivity index is 2.19. The van der Waals surface area contributed by atoms with E-state index < -0.39 is 5.60 Å². The minimum Gasteiger partial charge on any atom is -0.494 e. The number of methoxy groups -OCH3 is 1. The van der Waals surface area contributed by atoms with Gasteiger partial charge < -0.3 is 15.2 Å². The number of carbonyl (C=O) groups excluding carboxylic acids is 1. The number of benzene rings is 1. The molecule has 2 aromatic rings. The van der Waals surface area contributed by atoms with Crippen molar-refractivity contribution in [1.29, 1.82) is 0 Å². The Morgan fingerprint density at radius 3 is 2.73 bits per heavy atom. The average molecular weight is 304 g/mol. The summed E-state index contributed by atoms with van der Waals surface area (Å²) >= 11 is 0. The van der Waals surface area contributed by atoms with Crippen molar-refractivity contribution in [2.75, 3.05) is 12.8 Å². The Morgan fingerprint density at radius 1 is 1.36 bits per heavy atom. The number of carbonyl (C=O) groups is 1. The number of anilines is 1. The maximum Gasteiger partial charge on any atom is 0.328 e. The summed E-state index contributed by atoms with van der Waals surface area (Å²) in [7, 11) is 1.53. The van der Waals surface area contributed by atoms with E-state index in [9.17, 15) is 4.79 Å². The van der Waals surface area contributed by atoms with Crippen LogP contribution in [-0.4, -0.2) is 33.4 Å². The van der Waals surface area contributed by atoms with Crippen LogP contribution in [0.4, 0.5) is 5.69 Å². The minimum absolute atomic E-state index is 0.00506. The van der Waals surface area contributed by atoms with E-state index in [4.69, 9.17) is 15.2 Å². The van der Waals surface area contributed by atoms with Gasteiger partial charge in [-0.1, -0.05) is 6.07 Å². The lowest BCUT2D eigenvalue weighted by Crippen LogP contribution is -2.26. The van der Waals surface area contributed by atoms with Crippen LogP contribution in [-0.2, 0) is 16.1 Å². The number of ether oxygens (including phenoxy) is 2. The van der Waals surface area contributed by atoms with Crippen molar-refractivity contribution in [1.82, 2.24) is 14.8 Å². The predicted molar refractivity (Wildman–Crippen MR) is 82.3 cm³/mol. The number of aromatic nitrogens is 3. The van der Waals surface area contributed by atoms with Gasteiger partial charge in [0.25, 0.3) is 0 Å². The van der Waals surface area contributed by atoms with E-state index >= 15 is 0 Å². The number of para-hydroxylation sites is 1. The minimum atomic E-state index is -0.530. The monoisotopic (exact) mass is 304 g/mol. The predicted octanol–water partition coefficient (Wildman–Crippen LogP) is 1.88. The smallest absolute Gasteiger partial charge is 0.328 e. The standard InChI is InChI=1S/C15H20N4O3/c1-15(2,3)22-12(20)8-19-9-17-14(18-19)10-6-5-7-11(16)13(10)21-4/h5-7,9H,8,16H2,1-4H3. The molecule has 0 aliphatic heterocycles. The molecule has 0 radical (unpaired) electrons. The maximum atomic E-state index is 11.8. The zero-order valence-electron chi connectivity index (χ0n) is 13.2. The molecule has 0 bridgehead atoms. The van der Waals surface area contributed by atoms with Crippen LogP contribution in [0.5, 0.6) is 5.75 Å². The molecule has 0 saturated carbocycles. The first-order valence-electron chi connectivity index (χ1n) is 6.84. The van der Waals surface area contributed by atoms with E-state index in [1.807, 2.05) is 26.8 Å². The van der Waals surface area contributed by atoms with E-state index in [0.29, 0.717) is 22.8 Å². The first-order chi connectivity index (χ1) is 10.3. The topological polar surface area (TPSA) is 92.3 Å². The SMILES string of the molecule is COc1c(N)cccc1-c1ncn(CC(=O)OC(C)(C)C)n1. The van der Waals surface area contributed by atoms with Crippen molar-refractivity contribution >= 4 is 11.7 Å². The summed E-state index contributed by atoms with van der Waals surface area (Å²) < 4.78 is 12.0. The number of hydrogen-bond donors (Lipinski definition) is 1. The summed E-state index contributed by atoms with van der Waals surface area (Å²) in [4.78, 5) is 16.0. The van der Waals surface area contributed by atoms with Gasteiger partial charge in [0.15, 0.2) is 11.6 Å². The molecule has 7 heteroatoms. The maximum absolute atomic E-state index is 11.8. The van der Waals surface area contributed by atoms with Crippen LogP contribution in [0.25, 0.3) is 11.4 Å². The first-order valence-corrected chi connectivity index (χ1v) is 6.84. The fraction of sp³-hybridized carbons (Fsp3) is 0.400. The molecule has 0 atom stereocenters. The highest BCUT2D eigenvalue weighted by molar-refractivity contribution is 5.73. The lowest BCUT2D eigenvalue weighted by molar-refractivity contribution is -0.155. The van der Waals surface area contributed by atoms with Gasteiger partial charge in [0.2, 0.25) is 0 Å². The molecule has 1 heterocycles. The van der Waals surface area contributed by atoms with Crippen molar-refractivity contribution in [3.8, 4) is 17.1 Å². The van der Waals surface area contributed by atoms with Crippen LogP contribution in [0.1, 0.15) is 20.8 Å². The Morgan fingerprint density at radius 2 is 2.09 bits per heavy atom. The summed E-state index contributed by atoms with van der Waals surface area (Å²) in [5, 5.41) is 4.27. The largest absolute Gasteiger partial charge is 0.494 e. The highest BCUT2D eigenvalue weighted by Crippen LogP contribution is 2.32. The molecule has 2 rings (SSSR count). The molecule has 0 unspecified atom stereocenters. The molecular formula is C15H20N4O3. The summed E-state index contributed by atoms with van der Waals surface area (Å²) in [6.07, 6.45) is 1.47. The zero-order valence-corrected chi connectivity index (χ0v) is 13.2. The van der Waals surface area contributed by atoms with Gasteiger partial charge >= 0.3 is 5.97 Å². The Bertz CT molecular complexity index is 674. The van der Waals surface area contributed by atoms with Crippen LogP contribution < -0.4 is 10.5 Å². The molecule has 0 aliphatic rings. The van der Waals surface area contributed by atoms with Gasteiger partial charge in [-0.15, -0.1) is 0 Å². The van der Waals surface area contributed by atoms with Gasteiger partial charge in [-0.3, -0.25) is 4.79 Å². The second-order valence-electron chi connectivity index (χ2n) is 5.78. The third-order valence-electron chi connectivity index (χ3n) is 2.74. The normalized spacial score (nSPS) is 11.3. The Labute approximate surface area is 129 Å². The van der Waals surface area contributed by atoms with Gasteiger partial charge in [-0.05, 0) is 32.9 Å². The molecule has 0 fully saturated rings. The molecule has 0 saturated heterocycles. The van der Waals surface area contributed by atoms with Gasteiger partial charge in [-0.2, -0.15) is 5.10 Å². The lowest BCUT2D eigenvalue weighted by atomic mass is 10.1. The van der Waals surface area contributed by atoms with Crippen LogP contribution in [0.2, 0.25) is 0 Å². The van der Waals surface area contributed by atoms with Crippen molar-refractivity contribution in [2.24, 2.45) is 0 Å². The number of hydrogen-bond acceptors (Lipinski definition) is 6. The van der Waals surface area contributed by atoms with Gasteiger partial charge in [0, 0.05) is 0 Å². The van der Waals surface area contributed by atoms with Gasteiger partial charge in [-0.25, -0.2) is 9.67 Å². The number of esters is 1. The average Bonchev–Trinajstić information content (AvgIpc) is 2.84. The number of rotatable bonds is 4. The first kappa shape index (κ1) is 15.8. The highest BCUT2D eigenvalue weighted by atomic mass is 16.6. The molecule has 118 valence electrons. The molecule has 22 heavy (non-hydrogen) atoms. The van der Waals surface area contributed by atoms with Crippen molar-refractivity contribution in [3.63, 3.8) is 0 Å². The Hall–Kier alpha value is -2.57. The molecule has 1 aromatic carbocycles. The van der Waals surface area contributed by atoms with Crippen LogP contribution in [0.15, 0.2) is 24.5 Å². The van der Waals surface area contributed by atoms with Gasteiger partial charge in [0.1, 0.15) is 18.5 Å². The summed E-state index contributed by atoms with van der Waals surface area (Å²) in [5.74, 6) is 0.578. The summed E-state index contributed by atoms with van der Waals surface area (Å²) in [6, 6.07) is 5.34. The van der Waals surface area contributed by atoms with E-state index in [1.54, 1.807) is 12.1 Å². The van der Waals surface area contributed by atoms with Crippen molar-refractivity contribution < 1.29 is 14.3 Å². The second-order valence-corrected chi connectivity index (χ2v) is 5.78. The van der Waals surface area contributed by atoms with E-state index in [1.165, 1.54) is 18.1 Å². The quantitative estimate of drug-likeness (QED) is 0.685. The molecule has 0 spiro atoms. The number of nitrogens with zero attached hydrogens (tertiary/aromatic N) is 3. The van der Waals surface area contributed by atoms with Crippen molar-refractivity contribution in [3.05, 3.63) is 24.5 Å². The third kappa shape index (κ3) is 3.75. The van der Waals surface area contributed by atoms with Crippen LogP contribution in [0, 0.1) is 0 Å². The van der Waals surface area contributed by atoms with Crippen LogP contribution >= 0.6 is 0 Å². The number of nitrogens with two attached hydrogens (primary N) is 1. The molecule has 0 amide bonds. The molecule has 1 aromatic heterocycles. The summed E-state index contributed by atoms with van der Waals surface area (Å²) in [6.45, 7) is 5.44. The third-order valence-corrected chi connectivity index (χ3v) is 2.74. The fourth-order valence-corrected chi connectivity index (χ4v) is 1.96. The van der Waals surface area contributed by atoms with Gasteiger partial charge in [0.05, 0.1) is 18.4 Å². The van der Waals surface area contributed by atoms with Crippen LogP contribution in [0.3, 0.4) is 0 Å². The molecule has 2 N–H and O–H groups in total. The van der Waals surface area contributed by atoms with E-state index in [-0.39, 0.29) is 12.5 Å². The van der Waals surface area contributed by atoms with E-state index in [0.717, 1.165) is 0 Å². The molecule has 0 aliphatic carbocycles. The Kier molecular flexibility index (Phi) is 4.35. The zero-order chi connectivity index (χ0) is 16.3. The molecular weight excluding hydrogens is 284 g/mol. The second kappa shape index (κ2) is 6.05. The molecule has 7 nitrogen and oxygen atoms in total. The van der Waals surface area contributed by atoms with Crippen molar-refractivity contribution in [2.45, 2.75) is 32.9 Å². The lowest BCUT2D eigenvalue weighted by Gasteiger charge is -2.19. The highest BCUT2D eigenvalue weighted by Gasteiger charge is 2.18. The number of nitrogen functional groups attached to an aromatic ring is 1. The summed E-state index contributed by atoms with van der Waals surface area (Å²) in [5.41, 5.74) is 6.51. The fourth-order valence-electron chi connectivity index (χ4n) is 1.96. The van der Waals surface area contributed by atoms with E-state index in [2.05, 4.69) is 10.1 Å².